The third kappa shape index (κ3) is 9.84. The van der Waals surface area contributed by atoms with Gasteiger partial charge in [-0.3, -0.25) is 0 Å². The zero-order chi connectivity index (χ0) is 8.20. The second kappa shape index (κ2) is 5.49. The number of nitriles is 1. The van der Waals surface area contributed by atoms with Gasteiger partial charge in [0.15, 0.2) is 0 Å². The van der Waals surface area contributed by atoms with Crippen LogP contribution in [-0.4, -0.2) is 8.32 Å². The molecule has 0 aromatic rings. The van der Waals surface area contributed by atoms with Crippen LogP contribution < -0.4 is 18.9 Å². The molecule has 0 aliphatic carbocycles. The van der Waals surface area contributed by atoms with Crippen LogP contribution in [-0.2, 0) is 4.43 Å². The number of hydrogen-bond acceptors (Lipinski definition) is 2. The van der Waals surface area contributed by atoms with Gasteiger partial charge >= 0.3 is 18.9 Å². The fourth-order valence-corrected chi connectivity index (χ4v) is 1.53. The predicted octanol–water partition coefficient (Wildman–Crippen LogP) is -0.928. The minimum absolute atomic E-state index is 0. The average molecular weight is 161 g/mol. The Morgan fingerprint density at radius 1 is 1.45 bits per heavy atom. The molecule has 0 saturated carbocycles. The minimum atomic E-state index is -1.51. The van der Waals surface area contributed by atoms with Crippen LogP contribution in [0.3, 0.4) is 0 Å². The molecule has 4 heteroatoms. The van der Waals surface area contributed by atoms with Gasteiger partial charge in [0.25, 0.3) is 0 Å². The molecule has 0 aromatic heterocycles. The molecular weight excluding hydrogens is 149 g/mol. The molecule has 2 nitrogen and oxygen atoms in total. The van der Waals surface area contributed by atoms with E-state index in [1.807, 2.05) is 0 Å². The maximum absolute atomic E-state index is 8.19. The predicted molar refractivity (Wildman–Crippen MR) is 42.5 cm³/mol. The zero-order valence-electron chi connectivity index (χ0n) is 7.86. The summed E-state index contributed by atoms with van der Waals surface area (Å²) < 4.78 is 5.40. The summed E-state index contributed by atoms with van der Waals surface area (Å²) in [5.41, 5.74) is 0. The zero-order valence-corrected chi connectivity index (χ0v) is 8.86. The van der Waals surface area contributed by atoms with Crippen molar-refractivity contribution in [2.45, 2.75) is 26.6 Å². The minimum Gasteiger partial charge on any atom is -0.579 e. The Morgan fingerprint density at radius 3 is 2.18 bits per heavy atom. The molecular formula is C7H12LiNOSi. The number of rotatable bonds is 2. The second-order valence-electron chi connectivity index (χ2n) is 3.01. The van der Waals surface area contributed by atoms with Crippen LogP contribution in [0.25, 0.3) is 0 Å². The van der Waals surface area contributed by atoms with Gasteiger partial charge in [0, 0.05) is 0 Å². The first-order chi connectivity index (χ1) is 4.45. The fourth-order valence-electron chi connectivity index (χ4n) is 0.564. The van der Waals surface area contributed by atoms with E-state index in [0.29, 0.717) is 5.76 Å². The van der Waals surface area contributed by atoms with Gasteiger partial charge in [-0.05, 0) is 26.6 Å². The first-order valence-corrected chi connectivity index (χ1v) is 6.54. The molecule has 0 bridgehead atoms. The smallest absolute Gasteiger partial charge is 0.579 e. The van der Waals surface area contributed by atoms with E-state index in [-0.39, 0.29) is 18.9 Å². The summed E-state index contributed by atoms with van der Waals surface area (Å²) in [5, 5.41) is 8.19. The van der Waals surface area contributed by atoms with E-state index in [1.165, 1.54) is 0 Å². The average Bonchev–Trinajstić information content (AvgIpc) is 1.59. The summed E-state index contributed by atoms with van der Waals surface area (Å²) in [6.07, 6.45) is 2.44. The molecule has 0 aliphatic heterocycles. The van der Waals surface area contributed by atoms with Crippen molar-refractivity contribution in [2.75, 3.05) is 0 Å². The summed E-state index contributed by atoms with van der Waals surface area (Å²) in [7, 11) is -1.51. The molecule has 0 rings (SSSR count). The van der Waals surface area contributed by atoms with Gasteiger partial charge in [0.2, 0.25) is 8.32 Å². The van der Waals surface area contributed by atoms with Crippen LogP contribution in [0.5, 0.6) is 0 Å². The monoisotopic (exact) mass is 161 g/mol. The molecule has 0 heterocycles. The summed E-state index contributed by atoms with van der Waals surface area (Å²) >= 11 is 0. The van der Waals surface area contributed by atoms with Crippen molar-refractivity contribution in [1.82, 2.24) is 0 Å². The summed E-state index contributed by atoms with van der Waals surface area (Å²) in [5.74, 6) is 0.599. The Morgan fingerprint density at radius 2 is 1.91 bits per heavy atom. The Balaban J connectivity index is 0. The van der Waals surface area contributed by atoms with Gasteiger partial charge in [-0.25, -0.2) is 5.26 Å². The Kier molecular flexibility index (Phi) is 6.70. The fraction of sp³-hybridized carbons (Fsp3) is 0.571. The molecule has 0 aliphatic rings. The largest absolute Gasteiger partial charge is 1.00 e. The third-order valence-corrected chi connectivity index (χ3v) is 1.61. The molecule has 56 valence electrons. The number of allylic oxidation sites excluding steroid dienone is 2. The first kappa shape index (κ1) is 13.4. The molecule has 0 saturated heterocycles. The van der Waals surface area contributed by atoms with Crippen molar-refractivity contribution in [1.29, 1.82) is 5.26 Å². The van der Waals surface area contributed by atoms with E-state index in [4.69, 9.17) is 9.69 Å². The Hall–Kier alpha value is -0.156. The Labute approximate surface area is 81.5 Å². The molecule has 0 unspecified atom stereocenters. The molecule has 0 atom stereocenters. The molecule has 0 N–H and O–H groups in total. The van der Waals surface area contributed by atoms with Gasteiger partial charge in [0.05, 0.1) is 0 Å². The number of hydrogen-bond donors (Lipinski definition) is 0. The standard InChI is InChI=1S/C7H12NOSi.Li/c1-7(5-6-8)9-10(2,3)4;/h1-4H3;/q-1;+1. The van der Waals surface area contributed by atoms with E-state index < -0.39 is 8.32 Å². The summed E-state index contributed by atoms with van der Waals surface area (Å²) in [4.78, 5) is 0. The molecule has 0 spiro atoms. The molecule has 0 radical (unpaired) electrons. The van der Waals surface area contributed by atoms with Crippen molar-refractivity contribution in [2.24, 2.45) is 0 Å². The maximum Gasteiger partial charge on any atom is 1.00 e. The van der Waals surface area contributed by atoms with Crippen LogP contribution >= 0.6 is 0 Å². The molecule has 0 amide bonds. The quantitative estimate of drug-likeness (QED) is 0.227. The normalized spacial score (nSPS) is 11.4. The Bertz CT molecular complexity index is 178. The van der Waals surface area contributed by atoms with E-state index >= 15 is 0 Å². The van der Waals surface area contributed by atoms with Crippen LogP contribution in [0.1, 0.15) is 6.92 Å². The second-order valence-corrected chi connectivity index (χ2v) is 7.44. The van der Waals surface area contributed by atoms with Crippen LogP contribution in [0.15, 0.2) is 5.76 Å². The van der Waals surface area contributed by atoms with Crippen molar-refractivity contribution in [3.8, 4) is 6.07 Å². The van der Waals surface area contributed by atoms with Crippen molar-refractivity contribution < 1.29 is 23.3 Å². The van der Waals surface area contributed by atoms with Gasteiger partial charge in [-0.1, -0.05) is 5.76 Å². The van der Waals surface area contributed by atoms with Gasteiger partial charge < -0.3 is 10.5 Å². The van der Waals surface area contributed by atoms with E-state index in [0.717, 1.165) is 0 Å². The third-order valence-electron chi connectivity index (χ3n) is 0.691. The SMILES string of the molecule is CC(=[C-]C#N)O[Si](C)(C)C.[Li+]. The van der Waals surface area contributed by atoms with Crippen molar-refractivity contribution in [3.63, 3.8) is 0 Å². The van der Waals surface area contributed by atoms with Crippen molar-refractivity contribution in [3.05, 3.63) is 11.8 Å². The molecule has 11 heavy (non-hydrogen) atoms. The van der Waals surface area contributed by atoms with Crippen LogP contribution in [0.2, 0.25) is 19.6 Å². The summed E-state index contributed by atoms with van der Waals surface area (Å²) in [6.45, 7) is 7.95. The topological polar surface area (TPSA) is 33.0 Å². The van der Waals surface area contributed by atoms with Gasteiger partial charge in [0.1, 0.15) is 0 Å². The van der Waals surface area contributed by atoms with E-state index in [1.54, 1.807) is 13.0 Å². The van der Waals surface area contributed by atoms with Crippen LogP contribution in [0.4, 0.5) is 0 Å². The number of nitrogens with zero attached hydrogens (tertiary/aromatic N) is 1. The molecule has 0 fully saturated rings. The van der Waals surface area contributed by atoms with E-state index in [9.17, 15) is 0 Å². The van der Waals surface area contributed by atoms with Crippen molar-refractivity contribution >= 4 is 8.32 Å². The van der Waals surface area contributed by atoms with Crippen LogP contribution in [0, 0.1) is 17.4 Å². The summed E-state index contributed by atoms with van der Waals surface area (Å²) in [6, 6.07) is 1.80. The molecule has 0 aromatic carbocycles. The van der Waals surface area contributed by atoms with Gasteiger partial charge in [-0.2, -0.15) is 0 Å². The first-order valence-electron chi connectivity index (χ1n) is 3.13. The maximum atomic E-state index is 8.19. The van der Waals surface area contributed by atoms with E-state index in [2.05, 4.69) is 25.7 Å². The van der Waals surface area contributed by atoms with Gasteiger partial charge in [-0.15, -0.1) is 6.07 Å².